The summed E-state index contributed by atoms with van der Waals surface area (Å²) >= 11 is 1.64. The van der Waals surface area contributed by atoms with Crippen molar-refractivity contribution in [3.63, 3.8) is 0 Å². The summed E-state index contributed by atoms with van der Waals surface area (Å²) < 4.78 is 1.40. The van der Waals surface area contributed by atoms with Gasteiger partial charge in [0.2, 0.25) is 0 Å². The lowest BCUT2D eigenvalue weighted by Crippen LogP contribution is -2.27. The molecule has 1 N–H and O–H groups in total. The van der Waals surface area contributed by atoms with Gasteiger partial charge in [-0.2, -0.15) is 0 Å². The molecule has 0 saturated heterocycles. The summed E-state index contributed by atoms with van der Waals surface area (Å²) in [7, 11) is 0. The van der Waals surface area contributed by atoms with Crippen molar-refractivity contribution < 1.29 is 4.79 Å². The zero-order chi connectivity index (χ0) is 20.5. The Hall–Kier alpha value is -2.99. The Morgan fingerprint density at radius 2 is 1.77 bits per heavy atom. The fourth-order valence-corrected chi connectivity index (χ4v) is 5.53. The van der Waals surface area contributed by atoms with Crippen LogP contribution in [0.1, 0.15) is 48.1 Å². The summed E-state index contributed by atoms with van der Waals surface area (Å²) in [6, 6.07) is 9.90. The Labute approximate surface area is 178 Å². The molecular weight excluding hydrogens is 394 g/mol. The van der Waals surface area contributed by atoms with E-state index in [-0.39, 0.29) is 11.3 Å². The molecule has 1 aromatic carbocycles. The minimum Gasteiger partial charge on any atom is -0.297 e. The number of fused-ring (bicyclic) bond motifs is 3. The number of carbonyl (C=O) groups excluding carboxylic acids is 1. The normalized spacial score (nSPS) is 19.4. The molecule has 1 saturated carbocycles. The Balaban J connectivity index is 1.42. The molecule has 3 aromatic rings. The molecule has 6 heteroatoms. The highest BCUT2D eigenvalue weighted by molar-refractivity contribution is 7.18. The van der Waals surface area contributed by atoms with Gasteiger partial charge in [0.1, 0.15) is 11.2 Å². The zero-order valence-corrected chi connectivity index (χ0v) is 17.5. The maximum atomic E-state index is 13.1. The van der Waals surface area contributed by atoms with Gasteiger partial charge in [-0.1, -0.05) is 30.3 Å². The van der Waals surface area contributed by atoms with Gasteiger partial charge in [0.25, 0.3) is 5.56 Å². The number of aromatic nitrogens is 2. The maximum Gasteiger partial charge on any atom is 0.281 e. The van der Waals surface area contributed by atoms with E-state index < -0.39 is 0 Å². The minimum atomic E-state index is -0.0837. The number of hydrogen-bond donors (Lipinski definition) is 1. The third-order valence-corrected chi connectivity index (χ3v) is 7.07. The van der Waals surface area contributed by atoms with Crippen molar-refractivity contribution in [3.05, 3.63) is 80.4 Å². The molecule has 5 nitrogen and oxygen atoms in total. The van der Waals surface area contributed by atoms with Crippen LogP contribution in [0.15, 0.2) is 58.8 Å². The lowest BCUT2D eigenvalue weighted by Gasteiger charge is -2.17. The Morgan fingerprint density at radius 1 is 0.967 bits per heavy atom. The molecule has 0 amide bonds. The highest BCUT2D eigenvalue weighted by Gasteiger charge is 2.22. The molecule has 152 valence electrons. The number of carbonyl (C=O) groups is 1. The van der Waals surface area contributed by atoms with E-state index >= 15 is 0 Å². The summed E-state index contributed by atoms with van der Waals surface area (Å²) in [6.45, 7) is 0. The number of thiophene rings is 1. The van der Waals surface area contributed by atoms with Crippen molar-refractivity contribution in [2.24, 2.45) is 0 Å². The minimum absolute atomic E-state index is 0.0487. The monoisotopic (exact) mass is 417 g/mol. The molecule has 2 aliphatic carbocycles. The van der Waals surface area contributed by atoms with Crippen molar-refractivity contribution in [2.75, 3.05) is 5.43 Å². The second kappa shape index (κ2) is 8.03. The molecule has 5 rings (SSSR count). The van der Waals surface area contributed by atoms with Crippen LogP contribution in [0.25, 0.3) is 16.3 Å². The zero-order valence-electron chi connectivity index (χ0n) is 16.7. The van der Waals surface area contributed by atoms with Gasteiger partial charge in [0.15, 0.2) is 5.78 Å². The number of aryl methyl sites for hydroxylation is 2. The van der Waals surface area contributed by atoms with Gasteiger partial charge < -0.3 is 0 Å². The summed E-state index contributed by atoms with van der Waals surface area (Å²) in [4.78, 5) is 32.6. The molecule has 0 atom stereocenters. The van der Waals surface area contributed by atoms with E-state index in [4.69, 9.17) is 0 Å². The van der Waals surface area contributed by atoms with Crippen LogP contribution in [0.2, 0.25) is 0 Å². The van der Waals surface area contributed by atoms with Crippen LogP contribution in [0, 0.1) is 0 Å². The average Bonchev–Trinajstić information content (AvgIpc) is 3.16. The number of allylic oxidation sites excluding steroid dienone is 2. The van der Waals surface area contributed by atoms with Gasteiger partial charge in [-0.15, -0.1) is 11.3 Å². The molecule has 0 bridgehead atoms. The predicted octanol–water partition coefficient (Wildman–Crippen LogP) is 4.60. The van der Waals surface area contributed by atoms with Crippen molar-refractivity contribution in [1.82, 2.24) is 9.66 Å². The van der Waals surface area contributed by atoms with E-state index in [1.165, 1.54) is 27.9 Å². The molecule has 0 radical (unpaired) electrons. The van der Waals surface area contributed by atoms with Crippen molar-refractivity contribution in [2.45, 2.75) is 44.9 Å². The molecule has 2 aromatic heterocycles. The van der Waals surface area contributed by atoms with Crippen LogP contribution in [-0.2, 0) is 17.6 Å². The Bertz CT molecular complexity index is 1230. The van der Waals surface area contributed by atoms with Gasteiger partial charge >= 0.3 is 0 Å². The first-order valence-corrected chi connectivity index (χ1v) is 11.3. The molecule has 2 aliphatic rings. The third-order valence-electron chi connectivity index (χ3n) is 5.87. The van der Waals surface area contributed by atoms with E-state index in [2.05, 4.69) is 10.4 Å². The van der Waals surface area contributed by atoms with Crippen molar-refractivity contribution in [1.29, 1.82) is 0 Å². The molecular formula is C24H23N3O2S. The molecule has 2 heterocycles. The number of nitrogens with zero attached hydrogens (tertiary/aromatic N) is 2. The van der Waals surface area contributed by atoms with Gasteiger partial charge in [-0.05, 0) is 62.1 Å². The lowest BCUT2D eigenvalue weighted by atomic mass is 9.88. The number of benzene rings is 1. The summed E-state index contributed by atoms with van der Waals surface area (Å²) in [5.74, 6) is 0.0487. The second-order valence-corrected chi connectivity index (χ2v) is 8.96. The summed E-state index contributed by atoms with van der Waals surface area (Å²) in [5.41, 5.74) is 6.65. The van der Waals surface area contributed by atoms with Crippen molar-refractivity contribution >= 4 is 33.4 Å². The number of rotatable bonds is 3. The summed E-state index contributed by atoms with van der Waals surface area (Å²) in [5, 5.41) is 0.739. The fourth-order valence-electron chi connectivity index (χ4n) is 4.31. The quantitative estimate of drug-likeness (QED) is 0.633. The van der Waals surface area contributed by atoms with Crippen molar-refractivity contribution in [3.8, 4) is 0 Å². The average molecular weight is 418 g/mol. The van der Waals surface area contributed by atoms with E-state index in [1.54, 1.807) is 17.5 Å². The van der Waals surface area contributed by atoms with Gasteiger partial charge in [0, 0.05) is 22.2 Å². The molecule has 0 unspecified atom stereocenters. The highest BCUT2D eigenvalue weighted by atomic mass is 32.1. The standard InChI is InChI=1S/C24H23N3O2S/c28-22-17(13-16-7-2-1-3-8-16)9-6-10-18(22)14-26-27-15-25-23-21(24(27)29)19-11-4-5-12-20(19)30-23/h1-3,7-8,13-15,26H,4-6,9-12H2/b17-13-,18-14-. The van der Waals surface area contributed by atoms with Crippen LogP contribution < -0.4 is 11.0 Å². The van der Waals surface area contributed by atoms with Crippen LogP contribution in [0.4, 0.5) is 0 Å². The first-order valence-electron chi connectivity index (χ1n) is 10.5. The SMILES string of the molecule is O=C1/C(=C\Nn2cnc3sc4c(c3c2=O)CCCC4)CCC/C1=C/c1ccccc1. The highest BCUT2D eigenvalue weighted by Crippen LogP contribution is 2.33. The number of Topliss-reactive ketones (excluding diaryl/α,β-unsaturated/α-hetero) is 1. The summed E-state index contributed by atoms with van der Waals surface area (Å²) in [6.07, 6.45) is 11.9. The number of nitrogens with one attached hydrogen (secondary N) is 1. The third kappa shape index (κ3) is 3.52. The number of hydrogen-bond acceptors (Lipinski definition) is 5. The topological polar surface area (TPSA) is 64.0 Å². The molecule has 30 heavy (non-hydrogen) atoms. The first kappa shape index (κ1) is 19.0. The largest absolute Gasteiger partial charge is 0.297 e. The van der Waals surface area contributed by atoms with Crippen LogP contribution in [-0.4, -0.2) is 15.4 Å². The van der Waals surface area contributed by atoms with Crippen LogP contribution in [0.5, 0.6) is 0 Å². The van der Waals surface area contributed by atoms with E-state index in [0.717, 1.165) is 53.5 Å². The Morgan fingerprint density at radius 3 is 2.63 bits per heavy atom. The van der Waals surface area contributed by atoms with Crippen LogP contribution in [0.3, 0.4) is 0 Å². The smallest absolute Gasteiger partial charge is 0.281 e. The first-order chi connectivity index (χ1) is 14.7. The number of ketones is 1. The van der Waals surface area contributed by atoms with E-state index in [9.17, 15) is 9.59 Å². The second-order valence-electron chi connectivity index (χ2n) is 7.87. The molecule has 0 aliphatic heterocycles. The Kier molecular flexibility index (Phi) is 5.09. The van der Waals surface area contributed by atoms with Gasteiger partial charge in [0.05, 0.1) is 5.39 Å². The van der Waals surface area contributed by atoms with E-state index in [0.29, 0.717) is 12.0 Å². The lowest BCUT2D eigenvalue weighted by molar-refractivity contribution is -0.112. The van der Waals surface area contributed by atoms with Gasteiger partial charge in [-0.25, -0.2) is 9.66 Å². The predicted molar refractivity (Wildman–Crippen MR) is 121 cm³/mol. The maximum absolute atomic E-state index is 13.1. The fraction of sp³-hybridized carbons (Fsp3) is 0.292. The van der Waals surface area contributed by atoms with Crippen LogP contribution >= 0.6 is 11.3 Å². The van der Waals surface area contributed by atoms with E-state index in [1.807, 2.05) is 36.4 Å². The molecule has 1 fully saturated rings. The van der Waals surface area contributed by atoms with Gasteiger partial charge in [-0.3, -0.25) is 15.0 Å². The molecule has 0 spiro atoms.